The summed E-state index contributed by atoms with van der Waals surface area (Å²) in [5.41, 5.74) is 7.64. The first-order chi connectivity index (χ1) is 6.79. The third-order valence-electron chi connectivity index (χ3n) is 1.81. The van der Waals surface area contributed by atoms with Crippen molar-refractivity contribution >= 4 is 27.7 Å². The van der Waals surface area contributed by atoms with E-state index in [-0.39, 0.29) is 0 Å². The molecule has 1 aromatic rings. The number of hydrogen-bond acceptors (Lipinski definition) is 2. The standard InChI is InChI=1S/C11H11BrN2/c12-7-2-1-4-9-5-3-6-11(14)10(9)8-13/h1,3-6H,2,7,14H2. The number of anilines is 1. The van der Waals surface area contributed by atoms with E-state index in [9.17, 15) is 0 Å². The lowest BCUT2D eigenvalue weighted by molar-refractivity contribution is 1.27. The molecule has 0 unspecified atom stereocenters. The second-order valence-electron chi connectivity index (χ2n) is 2.80. The number of nitrogens with two attached hydrogens (primary N) is 1. The molecule has 0 heterocycles. The van der Waals surface area contributed by atoms with Crippen LogP contribution in [0.1, 0.15) is 17.5 Å². The minimum absolute atomic E-state index is 0.536. The average Bonchev–Trinajstić information content (AvgIpc) is 2.18. The van der Waals surface area contributed by atoms with Crippen molar-refractivity contribution in [3.63, 3.8) is 0 Å². The summed E-state index contributed by atoms with van der Waals surface area (Å²) in [5.74, 6) is 0. The van der Waals surface area contributed by atoms with Gasteiger partial charge in [-0.15, -0.1) is 0 Å². The van der Waals surface area contributed by atoms with Gasteiger partial charge in [-0.05, 0) is 18.1 Å². The highest BCUT2D eigenvalue weighted by Gasteiger charge is 2.01. The first-order valence-electron chi connectivity index (χ1n) is 4.30. The molecular formula is C11H11BrN2. The van der Waals surface area contributed by atoms with E-state index >= 15 is 0 Å². The molecule has 0 saturated heterocycles. The van der Waals surface area contributed by atoms with E-state index in [0.29, 0.717) is 11.3 Å². The molecule has 1 aromatic carbocycles. The van der Waals surface area contributed by atoms with Crippen LogP contribution < -0.4 is 5.73 Å². The molecule has 0 atom stereocenters. The summed E-state index contributed by atoms with van der Waals surface area (Å²) in [6.45, 7) is 0. The van der Waals surface area contributed by atoms with E-state index < -0.39 is 0 Å². The molecule has 72 valence electrons. The fraction of sp³-hybridized carbons (Fsp3) is 0.182. The predicted molar refractivity (Wildman–Crippen MR) is 63.0 cm³/mol. The van der Waals surface area contributed by atoms with Gasteiger partial charge >= 0.3 is 0 Å². The van der Waals surface area contributed by atoms with Crippen LogP contribution in [0.2, 0.25) is 0 Å². The van der Waals surface area contributed by atoms with Crippen LogP contribution in [0.5, 0.6) is 0 Å². The monoisotopic (exact) mass is 250 g/mol. The Kier molecular flexibility index (Phi) is 4.21. The summed E-state index contributed by atoms with van der Waals surface area (Å²) in [5, 5.41) is 9.81. The number of hydrogen-bond donors (Lipinski definition) is 1. The second kappa shape index (κ2) is 5.46. The Morgan fingerprint density at radius 3 is 2.93 bits per heavy atom. The lowest BCUT2D eigenvalue weighted by Crippen LogP contribution is -1.92. The molecule has 0 fully saturated rings. The van der Waals surface area contributed by atoms with Crippen LogP contribution in [0, 0.1) is 11.3 Å². The summed E-state index contributed by atoms with van der Waals surface area (Å²) in [4.78, 5) is 0. The van der Waals surface area contributed by atoms with Crippen molar-refractivity contribution in [2.75, 3.05) is 11.1 Å². The van der Waals surface area contributed by atoms with Crippen LogP contribution in [-0.2, 0) is 0 Å². The Hall–Kier alpha value is -1.27. The van der Waals surface area contributed by atoms with Crippen molar-refractivity contribution in [1.29, 1.82) is 5.26 Å². The highest BCUT2D eigenvalue weighted by atomic mass is 79.9. The molecule has 0 aliphatic rings. The highest BCUT2D eigenvalue weighted by Crippen LogP contribution is 2.17. The van der Waals surface area contributed by atoms with Crippen LogP contribution in [-0.4, -0.2) is 5.33 Å². The maximum Gasteiger partial charge on any atom is 0.102 e. The Morgan fingerprint density at radius 1 is 1.50 bits per heavy atom. The van der Waals surface area contributed by atoms with E-state index in [1.165, 1.54) is 0 Å². The van der Waals surface area contributed by atoms with Gasteiger partial charge in [0.2, 0.25) is 0 Å². The van der Waals surface area contributed by atoms with Crippen molar-refractivity contribution in [1.82, 2.24) is 0 Å². The number of rotatable bonds is 3. The molecule has 0 bridgehead atoms. The average molecular weight is 251 g/mol. The van der Waals surface area contributed by atoms with E-state index in [1.54, 1.807) is 6.07 Å². The van der Waals surface area contributed by atoms with E-state index in [2.05, 4.69) is 22.0 Å². The van der Waals surface area contributed by atoms with E-state index in [1.807, 2.05) is 24.3 Å². The van der Waals surface area contributed by atoms with Gasteiger partial charge in [0.15, 0.2) is 0 Å². The topological polar surface area (TPSA) is 49.8 Å². The molecule has 0 aliphatic heterocycles. The molecule has 0 aromatic heterocycles. The lowest BCUT2D eigenvalue weighted by Gasteiger charge is -2.00. The highest BCUT2D eigenvalue weighted by molar-refractivity contribution is 9.09. The number of allylic oxidation sites excluding steroid dienone is 1. The van der Waals surface area contributed by atoms with Gasteiger partial charge in [-0.25, -0.2) is 0 Å². The minimum atomic E-state index is 0.536. The quantitative estimate of drug-likeness (QED) is 0.663. The Balaban J connectivity index is 2.98. The Bertz CT molecular complexity index is 377. The number of alkyl halides is 1. The normalized spacial score (nSPS) is 10.3. The summed E-state index contributed by atoms with van der Waals surface area (Å²) < 4.78 is 0. The fourth-order valence-corrected chi connectivity index (χ4v) is 1.39. The zero-order valence-corrected chi connectivity index (χ0v) is 9.29. The predicted octanol–water partition coefficient (Wildman–Crippen LogP) is 2.94. The lowest BCUT2D eigenvalue weighted by atomic mass is 10.1. The van der Waals surface area contributed by atoms with Gasteiger partial charge in [-0.1, -0.05) is 40.2 Å². The zero-order chi connectivity index (χ0) is 10.4. The number of nitrogen functional groups attached to an aromatic ring is 1. The number of nitriles is 1. The van der Waals surface area contributed by atoms with E-state index in [4.69, 9.17) is 11.0 Å². The zero-order valence-electron chi connectivity index (χ0n) is 7.70. The fourth-order valence-electron chi connectivity index (χ4n) is 1.13. The van der Waals surface area contributed by atoms with Crippen LogP contribution >= 0.6 is 15.9 Å². The second-order valence-corrected chi connectivity index (χ2v) is 3.60. The summed E-state index contributed by atoms with van der Waals surface area (Å²) in [7, 11) is 0. The van der Waals surface area contributed by atoms with Crippen LogP contribution in [0.25, 0.3) is 6.08 Å². The van der Waals surface area contributed by atoms with Crippen LogP contribution in [0.3, 0.4) is 0 Å². The van der Waals surface area contributed by atoms with Gasteiger partial charge in [0.05, 0.1) is 11.3 Å². The molecular weight excluding hydrogens is 240 g/mol. The first kappa shape index (κ1) is 10.8. The molecule has 0 aliphatic carbocycles. The Morgan fingerprint density at radius 2 is 2.29 bits per heavy atom. The molecule has 1 rings (SSSR count). The molecule has 0 amide bonds. The molecule has 14 heavy (non-hydrogen) atoms. The van der Waals surface area contributed by atoms with Gasteiger partial charge in [-0.3, -0.25) is 0 Å². The van der Waals surface area contributed by atoms with Gasteiger partial charge in [0.25, 0.3) is 0 Å². The summed E-state index contributed by atoms with van der Waals surface area (Å²) >= 11 is 3.33. The van der Waals surface area contributed by atoms with Crippen molar-refractivity contribution in [3.8, 4) is 6.07 Å². The maximum atomic E-state index is 8.88. The number of nitrogens with zero attached hydrogens (tertiary/aromatic N) is 1. The molecule has 3 heteroatoms. The summed E-state index contributed by atoms with van der Waals surface area (Å²) in [6, 6.07) is 7.58. The maximum absolute atomic E-state index is 8.88. The van der Waals surface area contributed by atoms with Gasteiger partial charge < -0.3 is 5.73 Å². The molecule has 0 radical (unpaired) electrons. The van der Waals surface area contributed by atoms with E-state index in [0.717, 1.165) is 17.3 Å². The van der Waals surface area contributed by atoms with Crippen molar-refractivity contribution in [2.45, 2.75) is 6.42 Å². The van der Waals surface area contributed by atoms with Crippen LogP contribution in [0.15, 0.2) is 24.3 Å². The molecule has 0 saturated carbocycles. The van der Waals surface area contributed by atoms with Crippen molar-refractivity contribution in [3.05, 3.63) is 35.4 Å². The largest absolute Gasteiger partial charge is 0.398 e. The third kappa shape index (κ3) is 2.61. The SMILES string of the molecule is N#Cc1c(N)cccc1C=CCCBr. The number of halogens is 1. The smallest absolute Gasteiger partial charge is 0.102 e. The van der Waals surface area contributed by atoms with Gasteiger partial charge in [0, 0.05) is 5.33 Å². The minimum Gasteiger partial charge on any atom is -0.398 e. The molecule has 0 spiro atoms. The van der Waals surface area contributed by atoms with Crippen molar-refractivity contribution in [2.24, 2.45) is 0 Å². The van der Waals surface area contributed by atoms with Gasteiger partial charge in [0.1, 0.15) is 6.07 Å². The van der Waals surface area contributed by atoms with Crippen LogP contribution in [0.4, 0.5) is 5.69 Å². The summed E-state index contributed by atoms with van der Waals surface area (Å²) in [6.07, 6.45) is 4.89. The third-order valence-corrected chi connectivity index (χ3v) is 2.27. The number of benzene rings is 1. The Labute approximate surface area is 92.2 Å². The van der Waals surface area contributed by atoms with Gasteiger partial charge in [-0.2, -0.15) is 5.26 Å². The molecule has 2 N–H and O–H groups in total. The van der Waals surface area contributed by atoms with Crippen molar-refractivity contribution < 1.29 is 0 Å². The first-order valence-corrected chi connectivity index (χ1v) is 5.43. The molecule has 2 nitrogen and oxygen atoms in total.